The number of imide groups is 1. The lowest BCUT2D eigenvalue weighted by Crippen LogP contribution is -2.33. The third-order valence-electron chi connectivity index (χ3n) is 5.52. The van der Waals surface area contributed by atoms with Crippen LogP contribution < -0.4 is 4.90 Å². The Labute approximate surface area is 153 Å². The Morgan fingerprint density at radius 1 is 0.846 bits per heavy atom. The van der Waals surface area contributed by atoms with Gasteiger partial charge in [0.1, 0.15) is 0 Å². The molecule has 3 nitrogen and oxygen atoms in total. The molecule has 2 fully saturated rings. The predicted molar refractivity (Wildman–Crippen MR) is 103 cm³/mol. The summed E-state index contributed by atoms with van der Waals surface area (Å²) in [4.78, 5) is 27.5. The number of amides is 2. The van der Waals surface area contributed by atoms with E-state index in [1.165, 1.54) is 4.90 Å². The summed E-state index contributed by atoms with van der Waals surface area (Å²) in [5, 5.41) is 0. The number of anilines is 1. The number of hydrogen-bond donors (Lipinski definition) is 0. The fourth-order valence-corrected chi connectivity index (χ4v) is 4.29. The van der Waals surface area contributed by atoms with Crippen LogP contribution in [-0.4, -0.2) is 11.8 Å². The minimum Gasteiger partial charge on any atom is -0.274 e. The second-order valence-electron chi connectivity index (χ2n) is 6.97. The number of fused-ring (bicyclic) bond motifs is 1. The van der Waals surface area contributed by atoms with Crippen molar-refractivity contribution in [2.24, 2.45) is 23.7 Å². The molecule has 0 unspecified atom stereocenters. The molecule has 0 N–H and O–H groups in total. The Balaban J connectivity index is 1.66. The summed E-state index contributed by atoms with van der Waals surface area (Å²) in [6, 6.07) is 19.2. The van der Waals surface area contributed by atoms with Gasteiger partial charge in [0, 0.05) is 0 Å². The van der Waals surface area contributed by atoms with Gasteiger partial charge in [0.05, 0.1) is 17.5 Å². The van der Waals surface area contributed by atoms with Crippen molar-refractivity contribution in [1.29, 1.82) is 0 Å². The minimum atomic E-state index is -0.300. The first kappa shape index (κ1) is 16.5. The van der Waals surface area contributed by atoms with Crippen LogP contribution in [0.3, 0.4) is 0 Å². The molecule has 26 heavy (non-hydrogen) atoms. The van der Waals surface area contributed by atoms with Crippen LogP contribution >= 0.6 is 0 Å². The van der Waals surface area contributed by atoms with Crippen molar-refractivity contribution in [3.05, 3.63) is 85.0 Å². The van der Waals surface area contributed by atoms with Crippen LogP contribution in [0.4, 0.5) is 5.69 Å². The zero-order valence-electron chi connectivity index (χ0n) is 14.5. The van der Waals surface area contributed by atoms with Crippen molar-refractivity contribution in [2.75, 3.05) is 4.90 Å². The second kappa shape index (κ2) is 6.75. The molecule has 4 rings (SSSR count). The van der Waals surface area contributed by atoms with Gasteiger partial charge in [-0.3, -0.25) is 14.5 Å². The summed E-state index contributed by atoms with van der Waals surface area (Å²) in [5.74, 6) is -0.690. The lowest BCUT2D eigenvalue weighted by molar-refractivity contribution is -0.123. The predicted octanol–water partition coefficient (Wildman–Crippen LogP) is 4.33. The smallest absolute Gasteiger partial charge is 0.238 e. The van der Waals surface area contributed by atoms with Crippen LogP contribution in [0.1, 0.15) is 12.0 Å². The Bertz CT molecular complexity index is 856. The van der Waals surface area contributed by atoms with Gasteiger partial charge in [0.15, 0.2) is 0 Å². The van der Waals surface area contributed by atoms with Crippen LogP contribution in [0.2, 0.25) is 0 Å². The highest BCUT2D eigenvalue weighted by Gasteiger charge is 2.57. The van der Waals surface area contributed by atoms with Crippen molar-refractivity contribution in [3.63, 3.8) is 0 Å². The number of hydrogen-bond acceptors (Lipinski definition) is 2. The summed E-state index contributed by atoms with van der Waals surface area (Å²) in [6.07, 6.45) is 6.78. The molecule has 130 valence electrons. The summed E-state index contributed by atoms with van der Waals surface area (Å²) in [7, 11) is 0. The first-order valence-corrected chi connectivity index (χ1v) is 8.99. The van der Waals surface area contributed by atoms with Crippen molar-refractivity contribution in [2.45, 2.75) is 6.42 Å². The topological polar surface area (TPSA) is 37.4 Å². The molecule has 1 heterocycles. The fourth-order valence-electron chi connectivity index (χ4n) is 4.29. The maximum Gasteiger partial charge on any atom is 0.238 e. The molecule has 0 aromatic heterocycles. The number of nitrogens with zero attached hydrogens (tertiary/aromatic N) is 1. The van der Waals surface area contributed by atoms with Gasteiger partial charge in [0.2, 0.25) is 11.8 Å². The van der Waals surface area contributed by atoms with Gasteiger partial charge in [-0.05, 0) is 36.0 Å². The molecule has 2 aliphatic rings. The molecule has 2 aromatic carbocycles. The van der Waals surface area contributed by atoms with Gasteiger partial charge in [-0.25, -0.2) is 0 Å². The Kier molecular flexibility index (Phi) is 4.29. The van der Waals surface area contributed by atoms with Crippen LogP contribution in [0.5, 0.6) is 0 Å². The highest BCUT2D eigenvalue weighted by molar-refractivity contribution is 6.22. The van der Waals surface area contributed by atoms with Crippen molar-refractivity contribution in [1.82, 2.24) is 0 Å². The van der Waals surface area contributed by atoms with E-state index in [1.807, 2.05) is 66.7 Å². The van der Waals surface area contributed by atoms with Crippen molar-refractivity contribution >= 4 is 23.6 Å². The number of carbonyl (C=O) groups excluding carboxylic acids is 2. The average molecular weight is 343 g/mol. The number of allylic oxidation sites excluding steroid dienone is 2. The molecule has 4 atom stereocenters. The van der Waals surface area contributed by atoms with E-state index in [0.717, 1.165) is 12.0 Å². The molecule has 0 bridgehead atoms. The van der Waals surface area contributed by atoms with Gasteiger partial charge in [-0.15, -0.1) is 6.58 Å². The largest absolute Gasteiger partial charge is 0.274 e. The maximum absolute atomic E-state index is 13.1. The number of para-hydroxylation sites is 1. The van der Waals surface area contributed by atoms with E-state index in [-0.39, 0.29) is 35.5 Å². The summed E-state index contributed by atoms with van der Waals surface area (Å²) < 4.78 is 0. The third kappa shape index (κ3) is 2.70. The molecule has 2 aromatic rings. The third-order valence-corrected chi connectivity index (χ3v) is 5.52. The van der Waals surface area contributed by atoms with Gasteiger partial charge in [-0.2, -0.15) is 0 Å². The summed E-state index contributed by atoms with van der Waals surface area (Å²) >= 11 is 0. The lowest BCUT2D eigenvalue weighted by atomic mass is 9.89. The van der Waals surface area contributed by atoms with E-state index in [4.69, 9.17) is 0 Å². The van der Waals surface area contributed by atoms with E-state index < -0.39 is 0 Å². The minimum absolute atomic E-state index is 0.0376. The van der Waals surface area contributed by atoms with E-state index >= 15 is 0 Å². The van der Waals surface area contributed by atoms with Crippen molar-refractivity contribution in [3.8, 4) is 0 Å². The number of rotatable bonds is 4. The second-order valence-corrected chi connectivity index (χ2v) is 6.97. The summed E-state index contributed by atoms with van der Waals surface area (Å²) in [6.45, 7) is 3.91. The van der Waals surface area contributed by atoms with Gasteiger partial charge >= 0.3 is 0 Å². The first-order chi connectivity index (χ1) is 12.7. The highest BCUT2D eigenvalue weighted by atomic mass is 16.2. The molecular formula is C23H21NO2. The Morgan fingerprint density at radius 3 is 2.04 bits per heavy atom. The quantitative estimate of drug-likeness (QED) is 0.612. The molecular weight excluding hydrogens is 322 g/mol. The molecule has 1 aliphatic carbocycles. The number of carbonyl (C=O) groups is 2. The van der Waals surface area contributed by atoms with E-state index in [0.29, 0.717) is 5.69 Å². The molecule has 3 heteroatoms. The van der Waals surface area contributed by atoms with Crippen LogP contribution in [0.25, 0.3) is 6.08 Å². The zero-order valence-corrected chi connectivity index (χ0v) is 14.5. The molecule has 0 spiro atoms. The lowest BCUT2D eigenvalue weighted by Gasteiger charge is -2.18. The fraction of sp³-hybridized carbons (Fsp3) is 0.217. The zero-order chi connectivity index (χ0) is 18.1. The van der Waals surface area contributed by atoms with E-state index in [1.54, 1.807) is 0 Å². The molecule has 2 amide bonds. The van der Waals surface area contributed by atoms with Gasteiger partial charge < -0.3 is 0 Å². The molecule has 0 radical (unpaired) electrons. The van der Waals surface area contributed by atoms with Gasteiger partial charge in [-0.1, -0.05) is 66.8 Å². The SMILES string of the molecule is C=C[C@@H]1C[C@H](/C=C/c2ccccc2)[C@@H]2C(=O)N(c3ccccc3)C(=O)[C@@H]21. The van der Waals surface area contributed by atoms with E-state index in [9.17, 15) is 9.59 Å². The van der Waals surface area contributed by atoms with Crippen molar-refractivity contribution < 1.29 is 9.59 Å². The summed E-state index contributed by atoms with van der Waals surface area (Å²) in [5.41, 5.74) is 1.76. The maximum atomic E-state index is 13.1. The number of benzene rings is 2. The Hall–Kier alpha value is -2.94. The van der Waals surface area contributed by atoms with Crippen LogP contribution in [-0.2, 0) is 9.59 Å². The van der Waals surface area contributed by atoms with E-state index in [2.05, 4.69) is 18.7 Å². The molecule has 1 saturated heterocycles. The standard InChI is InChI=1S/C23H21NO2/c1-2-17-15-18(14-13-16-9-5-3-6-10-16)21-20(17)22(25)24(23(21)26)19-11-7-4-8-12-19/h2-14,17-18,20-21H,1,15H2/b14-13+/t17-,18+,20-,21+/m1/s1. The molecule has 1 aliphatic heterocycles. The van der Waals surface area contributed by atoms with Crippen LogP contribution in [0.15, 0.2) is 79.4 Å². The molecule has 1 saturated carbocycles. The normalized spacial score (nSPS) is 27.9. The monoisotopic (exact) mass is 343 g/mol. The average Bonchev–Trinajstić information content (AvgIpc) is 3.18. The van der Waals surface area contributed by atoms with Crippen LogP contribution in [0, 0.1) is 23.7 Å². The highest BCUT2D eigenvalue weighted by Crippen LogP contribution is 2.49. The van der Waals surface area contributed by atoms with Gasteiger partial charge in [0.25, 0.3) is 0 Å². The first-order valence-electron chi connectivity index (χ1n) is 8.99. The Morgan fingerprint density at radius 2 is 1.42 bits per heavy atom.